The van der Waals surface area contributed by atoms with Crippen LogP contribution in [0.1, 0.15) is 16.7 Å². The van der Waals surface area contributed by atoms with Crippen molar-refractivity contribution in [3.8, 4) is 0 Å². The molecule has 0 spiro atoms. The molecule has 1 aromatic rings. The molecule has 0 radical (unpaired) electrons. The molecule has 2 heterocycles. The standard InChI is InChI=1S/C12H18N6O4S2/c1-15-7-16(2)12(14-18(21)22)17(8-15)11(9-5-13-6-24-9)23-4-3-10(19)20/h5-6,11H,3-4,7-8H2,1-2H3,(H,19,20). The Morgan fingerprint density at radius 2 is 2.33 bits per heavy atom. The second-order valence-corrected chi connectivity index (χ2v) is 7.32. The molecule has 1 unspecified atom stereocenters. The molecule has 1 aliphatic heterocycles. The molecule has 0 aromatic carbocycles. The van der Waals surface area contributed by atoms with Gasteiger partial charge >= 0.3 is 5.97 Å². The second kappa shape index (κ2) is 8.26. The van der Waals surface area contributed by atoms with Crippen molar-refractivity contribution in [2.45, 2.75) is 11.8 Å². The Bertz CT molecular complexity index is 611. The summed E-state index contributed by atoms with van der Waals surface area (Å²) in [7, 11) is 3.63. The van der Waals surface area contributed by atoms with Gasteiger partial charge in [0, 0.05) is 19.0 Å². The smallest absolute Gasteiger partial charge is 0.304 e. The van der Waals surface area contributed by atoms with E-state index in [4.69, 9.17) is 5.11 Å². The fraction of sp³-hybridized carbons (Fsp3) is 0.583. The highest BCUT2D eigenvalue weighted by molar-refractivity contribution is 7.99. The molecule has 1 N–H and O–H groups in total. The average molecular weight is 374 g/mol. The molecular weight excluding hydrogens is 356 g/mol. The molecule has 1 saturated heterocycles. The van der Waals surface area contributed by atoms with E-state index in [2.05, 4.69) is 10.1 Å². The number of thioether (sulfide) groups is 1. The molecule has 1 atom stereocenters. The average Bonchev–Trinajstić information content (AvgIpc) is 3.00. The molecule has 0 saturated carbocycles. The zero-order valence-electron chi connectivity index (χ0n) is 13.2. The van der Waals surface area contributed by atoms with Crippen LogP contribution >= 0.6 is 23.1 Å². The topological polar surface area (TPSA) is 115 Å². The summed E-state index contributed by atoms with van der Waals surface area (Å²) >= 11 is 2.83. The van der Waals surface area contributed by atoms with Gasteiger partial charge in [0.15, 0.2) is 5.03 Å². The summed E-state index contributed by atoms with van der Waals surface area (Å²) < 4.78 is 0. The number of hydrogen-bond donors (Lipinski definition) is 1. The van der Waals surface area contributed by atoms with Crippen LogP contribution in [0.25, 0.3) is 0 Å². The van der Waals surface area contributed by atoms with Crippen molar-refractivity contribution >= 4 is 35.0 Å². The monoisotopic (exact) mass is 374 g/mol. The van der Waals surface area contributed by atoms with E-state index in [1.54, 1.807) is 28.6 Å². The first-order chi connectivity index (χ1) is 11.4. The van der Waals surface area contributed by atoms with E-state index < -0.39 is 11.0 Å². The number of hydrogen-bond acceptors (Lipinski definition) is 7. The minimum atomic E-state index is -0.877. The predicted octanol–water partition coefficient (Wildman–Crippen LogP) is 0.991. The summed E-state index contributed by atoms with van der Waals surface area (Å²) in [6.45, 7) is 0.956. The third kappa shape index (κ3) is 4.79. The van der Waals surface area contributed by atoms with Crippen molar-refractivity contribution in [1.29, 1.82) is 0 Å². The van der Waals surface area contributed by atoms with Gasteiger partial charge in [-0.1, -0.05) is 0 Å². The first-order valence-electron chi connectivity index (χ1n) is 6.99. The van der Waals surface area contributed by atoms with Gasteiger partial charge in [0.2, 0.25) is 0 Å². The highest BCUT2D eigenvalue weighted by Gasteiger charge is 2.34. The summed E-state index contributed by atoms with van der Waals surface area (Å²) in [5.41, 5.74) is 1.68. The highest BCUT2D eigenvalue weighted by atomic mass is 32.2. The number of aliphatic carboxylic acids is 1. The van der Waals surface area contributed by atoms with Crippen molar-refractivity contribution < 1.29 is 14.9 Å². The molecule has 24 heavy (non-hydrogen) atoms. The highest BCUT2D eigenvalue weighted by Crippen LogP contribution is 2.36. The number of nitro groups is 1. The molecule has 12 heteroatoms. The molecule has 2 rings (SSSR count). The Hall–Kier alpha value is -1.92. The Balaban J connectivity index is 2.29. The number of aromatic nitrogens is 1. The number of nitrogens with zero attached hydrogens (tertiary/aromatic N) is 6. The van der Waals surface area contributed by atoms with E-state index in [1.807, 2.05) is 11.9 Å². The molecule has 1 aliphatic rings. The van der Waals surface area contributed by atoms with Crippen molar-refractivity contribution in [3.05, 3.63) is 26.7 Å². The number of carboxylic acid groups (broad SMARTS) is 1. The largest absolute Gasteiger partial charge is 0.481 e. The minimum Gasteiger partial charge on any atom is -0.481 e. The lowest BCUT2D eigenvalue weighted by molar-refractivity contribution is -0.486. The van der Waals surface area contributed by atoms with Gasteiger partial charge in [0.25, 0.3) is 5.96 Å². The summed E-state index contributed by atoms with van der Waals surface area (Å²) in [4.78, 5) is 32.1. The van der Waals surface area contributed by atoms with E-state index in [1.165, 1.54) is 23.1 Å². The van der Waals surface area contributed by atoms with Crippen LogP contribution in [0.4, 0.5) is 0 Å². The molecule has 1 fully saturated rings. The third-order valence-corrected chi connectivity index (χ3v) is 5.43. The molecular formula is C12H18N6O4S2. The predicted molar refractivity (Wildman–Crippen MR) is 91.1 cm³/mol. The maximum absolute atomic E-state index is 10.9. The lowest BCUT2D eigenvalue weighted by Gasteiger charge is -2.43. The van der Waals surface area contributed by atoms with Gasteiger partial charge in [0.05, 0.1) is 30.1 Å². The maximum atomic E-state index is 10.9. The number of guanidine groups is 1. The number of thiazole rings is 1. The quantitative estimate of drug-likeness (QED) is 0.551. The third-order valence-electron chi connectivity index (χ3n) is 3.19. The Kier molecular flexibility index (Phi) is 6.34. The summed E-state index contributed by atoms with van der Waals surface area (Å²) in [5.74, 6) is -0.245. The Morgan fingerprint density at radius 3 is 2.92 bits per heavy atom. The van der Waals surface area contributed by atoms with Crippen LogP contribution in [0, 0.1) is 10.1 Å². The van der Waals surface area contributed by atoms with Gasteiger partial charge < -0.3 is 14.9 Å². The van der Waals surface area contributed by atoms with Crippen LogP contribution in [0.15, 0.2) is 16.8 Å². The number of carboxylic acids is 1. The zero-order valence-corrected chi connectivity index (χ0v) is 14.9. The fourth-order valence-corrected chi connectivity index (χ4v) is 4.39. The molecule has 0 amide bonds. The van der Waals surface area contributed by atoms with E-state index in [0.717, 1.165) is 4.88 Å². The molecule has 132 valence electrons. The van der Waals surface area contributed by atoms with Crippen molar-refractivity contribution in [3.63, 3.8) is 0 Å². The second-order valence-electron chi connectivity index (χ2n) is 5.22. The van der Waals surface area contributed by atoms with E-state index in [0.29, 0.717) is 19.1 Å². The molecule has 1 aromatic heterocycles. The van der Waals surface area contributed by atoms with Crippen LogP contribution < -0.4 is 0 Å². The minimum absolute atomic E-state index is 0.0151. The van der Waals surface area contributed by atoms with Crippen molar-refractivity contribution in [2.24, 2.45) is 5.10 Å². The molecule has 0 bridgehead atoms. The van der Waals surface area contributed by atoms with E-state index >= 15 is 0 Å². The lowest BCUT2D eigenvalue weighted by Crippen LogP contribution is -2.56. The number of carbonyl (C=O) groups is 1. The summed E-state index contributed by atoms with van der Waals surface area (Å²) in [5, 5.41) is 22.3. The normalized spacial score (nSPS) is 18.8. The van der Waals surface area contributed by atoms with E-state index in [9.17, 15) is 14.9 Å². The van der Waals surface area contributed by atoms with Crippen LogP contribution in [-0.2, 0) is 4.79 Å². The first kappa shape index (κ1) is 18.4. The van der Waals surface area contributed by atoms with Gasteiger partial charge in [-0.25, -0.2) is 10.1 Å². The number of hydrazone groups is 1. The first-order valence-corrected chi connectivity index (χ1v) is 8.92. The Labute approximate surface area is 146 Å². The van der Waals surface area contributed by atoms with E-state index in [-0.39, 0.29) is 17.8 Å². The van der Waals surface area contributed by atoms with Gasteiger partial charge in [-0.05, 0) is 7.05 Å². The van der Waals surface area contributed by atoms with Crippen LogP contribution in [0.3, 0.4) is 0 Å². The van der Waals surface area contributed by atoms with Crippen LogP contribution in [-0.4, -0.2) is 74.9 Å². The van der Waals surface area contributed by atoms with Gasteiger partial charge in [0.1, 0.15) is 10.5 Å². The zero-order chi connectivity index (χ0) is 17.7. The lowest BCUT2D eigenvalue weighted by atomic mass is 10.4. The molecule has 0 aliphatic carbocycles. The SMILES string of the molecule is CN1CN(C)C(=N[N+](=O)[O-])N(C(SCCC(=O)O)c2cncs2)C1. The van der Waals surface area contributed by atoms with Crippen LogP contribution in [0.2, 0.25) is 0 Å². The van der Waals surface area contributed by atoms with Gasteiger partial charge in [-0.15, -0.1) is 23.1 Å². The Morgan fingerprint density at radius 1 is 1.58 bits per heavy atom. The maximum Gasteiger partial charge on any atom is 0.304 e. The molecule has 10 nitrogen and oxygen atoms in total. The van der Waals surface area contributed by atoms with Crippen molar-refractivity contribution in [1.82, 2.24) is 19.7 Å². The van der Waals surface area contributed by atoms with Crippen molar-refractivity contribution in [2.75, 3.05) is 33.2 Å². The summed E-state index contributed by atoms with van der Waals surface area (Å²) in [6.07, 6.45) is 1.71. The number of rotatable bonds is 7. The van der Waals surface area contributed by atoms with Gasteiger partial charge in [-0.2, -0.15) is 0 Å². The van der Waals surface area contributed by atoms with Gasteiger partial charge in [-0.3, -0.25) is 14.7 Å². The van der Waals surface area contributed by atoms with Crippen LogP contribution in [0.5, 0.6) is 0 Å². The fourth-order valence-electron chi connectivity index (χ4n) is 2.33. The summed E-state index contributed by atoms with van der Waals surface area (Å²) in [6, 6.07) is 0.